The molecule has 35 heavy (non-hydrogen) atoms. The fraction of sp³-hybridized carbons (Fsp3) is 0.276. The van der Waals surface area contributed by atoms with Crippen molar-refractivity contribution in [3.05, 3.63) is 100 Å². The molecule has 6 heteroatoms. The fourth-order valence-corrected chi connectivity index (χ4v) is 5.07. The van der Waals surface area contributed by atoms with E-state index < -0.39 is 0 Å². The highest BCUT2D eigenvalue weighted by molar-refractivity contribution is 5.91. The van der Waals surface area contributed by atoms with Crippen molar-refractivity contribution in [3.63, 3.8) is 0 Å². The molecule has 0 radical (unpaired) electrons. The highest BCUT2D eigenvalue weighted by Gasteiger charge is 2.28. The first kappa shape index (κ1) is 21.6. The van der Waals surface area contributed by atoms with Crippen molar-refractivity contribution in [2.24, 2.45) is 0 Å². The summed E-state index contributed by atoms with van der Waals surface area (Å²) in [4.78, 5) is 33.2. The summed E-state index contributed by atoms with van der Waals surface area (Å²) in [5.74, 6) is 0.636. The number of hydrogen-bond donors (Lipinski definition) is 1. The number of aromatic nitrogens is 2. The van der Waals surface area contributed by atoms with Crippen LogP contribution in [0.15, 0.2) is 77.6 Å². The molecule has 0 bridgehead atoms. The lowest BCUT2D eigenvalue weighted by molar-refractivity contribution is -0.116. The van der Waals surface area contributed by atoms with Gasteiger partial charge in [0.25, 0.3) is 5.56 Å². The van der Waals surface area contributed by atoms with Crippen LogP contribution in [0.4, 0.5) is 11.4 Å². The maximum atomic E-state index is 13.1. The molecule has 2 aliphatic rings. The molecule has 1 aliphatic carbocycles. The van der Waals surface area contributed by atoms with Crippen molar-refractivity contribution < 1.29 is 4.79 Å². The van der Waals surface area contributed by atoms with Crippen LogP contribution in [0.3, 0.4) is 0 Å². The Morgan fingerprint density at radius 1 is 0.971 bits per heavy atom. The molecule has 1 amide bonds. The van der Waals surface area contributed by atoms with Gasteiger partial charge in [0.2, 0.25) is 5.91 Å². The van der Waals surface area contributed by atoms with E-state index in [4.69, 9.17) is 4.98 Å². The predicted molar refractivity (Wildman–Crippen MR) is 139 cm³/mol. The first-order chi connectivity index (χ1) is 17.2. The third-order valence-electron chi connectivity index (χ3n) is 7.00. The van der Waals surface area contributed by atoms with Gasteiger partial charge in [-0.15, -0.1) is 0 Å². The normalized spacial score (nSPS) is 14.8. The molecule has 0 atom stereocenters. The minimum absolute atomic E-state index is 0.00440. The second-order valence-electron chi connectivity index (χ2n) is 9.46. The Labute approximate surface area is 204 Å². The fourth-order valence-electron chi connectivity index (χ4n) is 5.07. The Balaban J connectivity index is 1.18. The largest absolute Gasteiger partial charge is 0.367 e. The number of fused-ring (bicyclic) bond motifs is 2. The number of carbonyl (C=O) groups is 1. The summed E-state index contributed by atoms with van der Waals surface area (Å²) in [6, 6.07) is 24.2. The summed E-state index contributed by atoms with van der Waals surface area (Å²) in [7, 11) is 0. The second-order valence-corrected chi connectivity index (χ2v) is 9.46. The summed E-state index contributed by atoms with van der Waals surface area (Å²) in [5, 5.41) is 3.76. The topological polar surface area (TPSA) is 67.2 Å². The number of carbonyl (C=O) groups excluding carboxylic acids is 1. The van der Waals surface area contributed by atoms with Crippen molar-refractivity contribution in [2.45, 2.75) is 44.7 Å². The number of aryl methyl sites for hydroxylation is 1. The maximum Gasteiger partial charge on any atom is 0.261 e. The lowest BCUT2D eigenvalue weighted by atomic mass is 10.1. The smallest absolute Gasteiger partial charge is 0.261 e. The minimum Gasteiger partial charge on any atom is -0.367 e. The quantitative estimate of drug-likeness (QED) is 0.424. The van der Waals surface area contributed by atoms with Crippen molar-refractivity contribution >= 4 is 28.2 Å². The van der Waals surface area contributed by atoms with Gasteiger partial charge in [0.15, 0.2) is 0 Å². The molecule has 0 unspecified atom stereocenters. The zero-order valence-electron chi connectivity index (χ0n) is 19.6. The van der Waals surface area contributed by atoms with E-state index in [9.17, 15) is 9.59 Å². The van der Waals surface area contributed by atoms with E-state index in [-0.39, 0.29) is 23.9 Å². The van der Waals surface area contributed by atoms with Gasteiger partial charge in [0.1, 0.15) is 5.82 Å². The molecule has 1 aromatic heterocycles. The standard InChI is InChI=1S/C29H28N4O2/c34-28(16-15-27-30-25-11-5-3-9-23(25)29(35)33(27)22-13-14-22)31-24-10-4-1-8-21(24)19-32-18-17-20-7-2-6-12-26(20)32/h1-12,22H,13-19H2,(H,31,34). The number of hydrogen-bond acceptors (Lipinski definition) is 4. The van der Waals surface area contributed by atoms with Crippen LogP contribution in [0.5, 0.6) is 0 Å². The van der Waals surface area contributed by atoms with E-state index in [2.05, 4.69) is 40.5 Å². The van der Waals surface area contributed by atoms with Gasteiger partial charge in [0.05, 0.1) is 10.9 Å². The first-order valence-corrected chi connectivity index (χ1v) is 12.4. The first-order valence-electron chi connectivity index (χ1n) is 12.4. The summed E-state index contributed by atoms with van der Waals surface area (Å²) in [6.45, 7) is 1.73. The van der Waals surface area contributed by atoms with Gasteiger partial charge in [-0.05, 0) is 54.7 Å². The number of benzene rings is 3. The van der Waals surface area contributed by atoms with Gasteiger partial charge in [-0.3, -0.25) is 14.2 Å². The van der Waals surface area contributed by atoms with Crippen LogP contribution >= 0.6 is 0 Å². The molecule has 0 saturated heterocycles. The molecule has 1 aliphatic heterocycles. The molecule has 3 aromatic carbocycles. The van der Waals surface area contributed by atoms with Crippen LogP contribution in [0.25, 0.3) is 10.9 Å². The third kappa shape index (κ3) is 4.32. The van der Waals surface area contributed by atoms with Crippen LogP contribution in [-0.4, -0.2) is 22.0 Å². The van der Waals surface area contributed by atoms with Crippen molar-refractivity contribution in [3.8, 4) is 0 Å². The number of rotatable bonds is 7. The zero-order chi connectivity index (χ0) is 23.8. The van der Waals surface area contributed by atoms with Crippen molar-refractivity contribution in [1.82, 2.24) is 9.55 Å². The molecule has 2 heterocycles. The maximum absolute atomic E-state index is 13.1. The lowest BCUT2D eigenvalue weighted by Gasteiger charge is -2.21. The van der Waals surface area contributed by atoms with E-state index in [0.717, 1.165) is 43.6 Å². The van der Waals surface area contributed by atoms with Crippen LogP contribution in [-0.2, 0) is 24.2 Å². The van der Waals surface area contributed by atoms with Gasteiger partial charge < -0.3 is 10.2 Å². The molecular weight excluding hydrogens is 436 g/mol. The molecular formula is C29H28N4O2. The number of amides is 1. The average Bonchev–Trinajstić information content (AvgIpc) is 3.64. The molecule has 1 fully saturated rings. The van der Waals surface area contributed by atoms with Gasteiger partial charge in [-0.25, -0.2) is 4.98 Å². The highest BCUT2D eigenvalue weighted by atomic mass is 16.1. The van der Waals surface area contributed by atoms with E-state index in [1.54, 1.807) is 0 Å². The number of nitrogens with one attached hydrogen (secondary N) is 1. The Morgan fingerprint density at radius 2 is 1.74 bits per heavy atom. The van der Waals surface area contributed by atoms with Crippen LogP contribution in [0.2, 0.25) is 0 Å². The molecule has 1 saturated carbocycles. The van der Waals surface area contributed by atoms with Gasteiger partial charge in [0, 0.05) is 43.3 Å². The van der Waals surface area contributed by atoms with Crippen LogP contribution in [0, 0.1) is 0 Å². The molecule has 6 nitrogen and oxygen atoms in total. The summed E-state index contributed by atoms with van der Waals surface area (Å²) in [5.41, 5.74) is 5.28. The van der Waals surface area contributed by atoms with Crippen molar-refractivity contribution in [1.29, 1.82) is 0 Å². The monoisotopic (exact) mass is 464 g/mol. The highest BCUT2D eigenvalue weighted by Crippen LogP contribution is 2.35. The van der Waals surface area contributed by atoms with Gasteiger partial charge in [-0.1, -0.05) is 48.5 Å². The predicted octanol–water partition coefficient (Wildman–Crippen LogP) is 4.87. The Bertz CT molecular complexity index is 1470. The van der Waals surface area contributed by atoms with Crippen molar-refractivity contribution in [2.75, 3.05) is 16.8 Å². The zero-order valence-corrected chi connectivity index (χ0v) is 19.6. The average molecular weight is 465 g/mol. The van der Waals surface area contributed by atoms with Crippen LogP contribution in [0.1, 0.15) is 42.3 Å². The summed E-state index contributed by atoms with van der Waals surface area (Å²) >= 11 is 0. The van der Waals surface area contributed by atoms with E-state index in [1.807, 2.05) is 47.0 Å². The van der Waals surface area contributed by atoms with E-state index in [1.165, 1.54) is 11.3 Å². The Kier molecular flexibility index (Phi) is 5.57. The molecule has 1 N–H and O–H groups in total. The molecule has 4 aromatic rings. The summed E-state index contributed by atoms with van der Waals surface area (Å²) < 4.78 is 1.81. The second kappa shape index (κ2) is 9.02. The Hall–Kier alpha value is -3.93. The third-order valence-corrected chi connectivity index (χ3v) is 7.00. The van der Waals surface area contributed by atoms with Crippen LogP contribution < -0.4 is 15.8 Å². The number of para-hydroxylation sites is 3. The van der Waals surface area contributed by atoms with Gasteiger partial charge in [-0.2, -0.15) is 0 Å². The number of anilines is 2. The Morgan fingerprint density at radius 3 is 2.63 bits per heavy atom. The van der Waals surface area contributed by atoms with E-state index >= 15 is 0 Å². The summed E-state index contributed by atoms with van der Waals surface area (Å²) in [6.07, 6.45) is 3.74. The lowest BCUT2D eigenvalue weighted by Crippen LogP contribution is -2.26. The molecule has 0 spiro atoms. The van der Waals surface area contributed by atoms with E-state index in [0.29, 0.717) is 23.1 Å². The minimum atomic E-state index is -0.0657. The number of nitrogens with zero attached hydrogens (tertiary/aromatic N) is 3. The SMILES string of the molecule is O=C(CCc1nc2ccccc2c(=O)n1C1CC1)Nc1ccccc1CN1CCc2ccccc21. The molecule has 6 rings (SSSR count). The molecule has 176 valence electrons. The van der Waals surface area contributed by atoms with Gasteiger partial charge >= 0.3 is 0 Å².